The van der Waals surface area contributed by atoms with E-state index in [-0.39, 0.29) is 12.5 Å². The van der Waals surface area contributed by atoms with Crippen LogP contribution in [0.3, 0.4) is 0 Å². The second kappa shape index (κ2) is 5.53. The maximum absolute atomic E-state index is 12.6. The van der Waals surface area contributed by atoms with Gasteiger partial charge < -0.3 is 14.8 Å². The van der Waals surface area contributed by atoms with Crippen LogP contribution in [0, 0.1) is 6.92 Å². The number of rotatable bonds is 3. The van der Waals surface area contributed by atoms with E-state index < -0.39 is 5.54 Å². The summed E-state index contributed by atoms with van der Waals surface area (Å²) in [5, 5.41) is 13.7. The van der Waals surface area contributed by atoms with Gasteiger partial charge >= 0.3 is 0 Å². The number of para-hydroxylation sites is 1. The molecule has 1 aromatic heterocycles. The molecule has 1 aliphatic carbocycles. The van der Waals surface area contributed by atoms with Crippen LogP contribution in [-0.2, 0) is 0 Å². The van der Waals surface area contributed by atoms with Crippen molar-refractivity contribution in [3.8, 4) is 0 Å². The van der Waals surface area contributed by atoms with E-state index in [4.69, 9.17) is 4.42 Å². The third-order valence-corrected chi connectivity index (χ3v) is 4.54. The summed E-state index contributed by atoms with van der Waals surface area (Å²) in [6, 6.07) is 7.64. The van der Waals surface area contributed by atoms with E-state index in [9.17, 15) is 9.90 Å². The lowest BCUT2D eigenvalue weighted by Crippen LogP contribution is -2.52. The van der Waals surface area contributed by atoms with Gasteiger partial charge in [0.15, 0.2) is 5.76 Å². The number of aryl methyl sites for hydroxylation is 1. The van der Waals surface area contributed by atoms with E-state index in [0.717, 1.165) is 42.2 Å². The number of carbonyl (C=O) groups excluding carboxylic acids is 1. The summed E-state index contributed by atoms with van der Waals surface area (Å²) in [4.78, 5) is 12.6. The summed E-state index contributed by atoms with van der Waals surface area (Å²) >= 11 is 0. The third kappa shape index (κ3) is 2.56. The van der Waals surface area contributed by atoms with Gasteiger partial charge in [-0.2, -0.15) is 0 Å². The number of fused-ring (bicyclic) bond motifs is 1. The standard InChI is InChI=1S/C17H21NO3/c1-12-13-7-3-4-8-14(13)21-15(12)16(20)18-17(11-19)9-5-2-6-10-17/h3-4,7-8,19H,2,5-6,9-11H2,1H3,(H,18,20). The van der Waals surface area contributed by atoms with Gasteiger partial charge in [0.25, 0.3) is 5.91 Å². The Hall–Kier alpha value is -1.81. The minimum absolute atomic E-state index is 0.0159. The van der Waals surface area contributed by atoms with Gasteiger partial charge in [-0.25, -0.2) is 0 Å². The van der Waals surface area contributed by atoms with E-state index in [1.54, 1.807) is 0 Å². The second-order valence-electron chi connectivity index (χ2n) is 6.01. The molecule has 0 aliphatic heterocycles. The smallest absolute Gasteiger partial charge is 0.287 e. The van der Waals surface area contributed by atoms with Crippen molar-refractivity contribution in [3.63, 3.8) is 0 Å². The summed E-state index contributed by atoms with van der Waals surface area (Å²) in [5.41, 5.74) is 1.09. The zero-order valence-corrected chi connectivity index (χ0v) is 12.3. The first-order valence-electron chi connectivity index (χ1n) is 7.57. The fourth-order valence-corrected chi connectivity index (χ4v) is 3.24. The van der Waals surface area contributed by atoms with Gasteiger partial charge in [0, 0.05) is 10.9 Å². The Kier molecular flexibility index (Phi) is 3.72. The Bertz CT molecular complexity index is 653. The lowest BCUT2D eigenvalue weighted by atomic mass is 9.82. The molecule has 1 aliphatic rings. The summed E-state index contributed by atoms with van der Waals surface area (Å²) in [7, 11) is 0. The van der Waals surface area contributed by atoms with Crippen LogP contribution in [0.15, 0.2) is 28.7 Å². The normalized spacial score (nSPS) is 17.8. The maximum atomic E-state index is 12.6. The number of hydrogen-bond donors (Lipinski definition) is 2. The average Bonchev–Trinajstić information content (AvgIpc) is 2.86. The molecule has 2 N–H and O–H groups in total. The summed E-state index contributed by atoms with van der Waals surface area (Å²) in [6.07, 6.45) is 4.91. The Morgan fingerprint density at radius 3 is 2.67 bits per heavy atom. The molecular formula is C17H21NO3. The minimum Gasteiger partial charge on any atom is -0.451 e. The zero-order chi connectivity index (χ0) is 14.9. The van der Waals surface area contributed by atoms with Crippen LogP contribution in [0.1, 0.15) is 48.2 Å². The number of benzene rings is 1. The van der Waals surface area contributed by atoms with Crippen LogP contribution < -0.4 is 5.32 Å². The molecule has 3 rings (SSSR count). The minimum atomic E-state index is -0.485. The van der Waals surface area contributed by atoms with Crippen LogP contribution in [0.2, 0.25) is 0 Å². The van der Waals surface area contributed by atoms with Crippen molar-refractivity contribution in [1.29, 1.82) is 0 Å². The second-order valence-corrected chi connectivity index (χ2v) is 6.01. The average molecular weight is 287 g/mol. The zero-order valence-electron chi connectivity index (χ0n) is 12.3. The predicted octanol–water partition coefficient (Wildman–Crippen LogP) is 3.17. The number of aliphatic hydroxyl groups excluding tert-OH is 1. The Balaban J connectivity index is 1.88. The largest absolute Gasteiger partial charge is 0.451 e. The summed E-state index contributed by atoms with van der Waals surface area (Å²) < 4.78 is 5.70. The lowest BCUT2D eigenvalue weighted by Gasteiger charge is -2.36. The van der Waals surface area contributed by atoms with Crippen molar-refractivity contribution in [2.75, 3.05) is 6.61 Å². The van der Waals surface area contributed by atoms with Crippen molar-refractivity contribution >= 4 is 16.9 Å². The molecule has 0 unspecified atom stereocenters. The Morgan fingerprint density at radius 2 is 2.00 bits per heavy atom. The quantitative estimate of drug-likeness (QED) is 0.911. The van der Waals surface area contributed by atoms with E-state index in [2.05, 4.69) is 5.32 Å². The van der Waals surface area contributed by atoms with Crippen molar-refractivity contribution < 1.29 is 14.3 Å². The molecular weight excluding hydrogens is 266 g/mol. The molecule has 0 radical (unpaired) electrons. The molecule has 1 fully saturated rings. The highest BCUT2D eigenvalue weighted by atomic mass is 16.3. The third-order valence-electron chi connectivity index (χ3n) is 4.54. The van der Waals surface area contributed by atoms with Gasteiger partial charge in [0.1, 0.15) is 5.58 Å². The highest BCUT2D eigenvalue weighted by molar-refractivity contribution is 5.99. The van der Waals surface area contributed by atoms with E-state index in [0.29, 0.717) is 5.76 Å². The lowest BCUT2D eigenvalue weighted by molar-refractivity contribution is 0.0734. The van der Waals surface area contributed by atoms with Crippen LogP contribution in [-0.4, -0.2) is 23.2 Å². The number of carbonyl (C=O) groups is 1. The van der Waals surface area contributed by atoms with Crippen molar-refractivity contribution in [3.05, 3.63) is 35.6 Å². The molecule has 1 saturated carbocycles. The highest BCUT2D eigenvalue weighted by Crippen LogP contribution is 2.30. The van der Waals surface area contributed by atoms with Crippen LogP contribution >= 0.6 is 0 Å². The fourth-order valence-electron chi connectivity index (χ4n) is 3.24. The van der Waals surface area contributed by atoms with E-state index >= 15 is 0 Å². The number of nitrogens with one attached hydrogen (secondary N) is 1. The van der Waals surface area contributed by atoms with Crippen molar-refractivity contribution in [2.45, 2.75) is 44.6 Å². The Labute approximate surface area is 124 Å². The van der Waals surface area contributed by atoms with E-state index in [1.807, 2.05) is 31.2 Å². The number of furan rings is 1. The van der Waals surface area contributed by atoms with Gasteiger partial charge in [0.05, 0.1) is 12.1 Å². The molecule has 0 spiro atoms. The van der Waals surface area contributed by atoms with Gasteiger partial charge in [-0.1, -0.05) is 37.5 Å². The topological polar surface area (TPSA) is 62.5 Å². The highest BCUT2D eigenvalue weighted by Gasteiger charge is 2.34. The Morgan fingerprint density at radius 1 is 1.29 bits per heavy atom. The van der Waals surface area contributed by atoms with Crippen molar-refractivity contribution in [2.24, 2.45) is 0 Å². The van der Waals surface area contributed by atoms with Gasteiger partial charge in [-0.15, -0.1) is 0 Å². The fraction of sp³-hybridized carbons (Fsp3) is 0.471. The van der Waals surface area contributed by atoms with E-state index in [1.165, 1.54) is 6.42 Å². The predicted molar refractivity (Wildman–Crippen MR) is 81.3 cm³/mol. The van der Waals surface area contributed by atoms with Crippen LogP contribution in [0.25, 0.3) is 11.0 Å². The first kappa shape index (κ1) is 14.1. The summed E-state index contributed by atoms with van der Waals surface area (Å²) in [5.74, 6) is 0.134. The maximum Gasteiger partial charge on any atom is 0.287 e. The molecule has 112 valence electrons. The molecule has 4 heteroatoms. The molecule has 1 heterocycles. The monoisotopic (exact) mass is 287 g/mol. The van der Waals surface area contributed by atoms with Gasteiger partial charge in [-0.05, 0) is 25.8 Å². The SMILES string of the molecule is Cc1c(C(=O)NC2(CO)CCCCC2)oc2ccccc12. The first-order valence-corrected chi connectivity index (χ1v) is 7.57. The van der Waals surface area contributed by atoms with Crippen LogP contribution in [0.4, 0.5) is 0 Å². The van der Waals surface area contributed by atoms with Crippen molar-refractivity contribution in [1.82, 2.24) is 5.32 Å². The van der Waals surface area contributed by atoms with Gasteiger partial charge in [0.2, 0.25) is 0 Å². The molecule has 2 aromatic rings. The number of amides is 1. The summed E-state index contributed by atoms with van der Waals surface area (Å²) in [6.45, 7) is 1.88. The molecule has 1 amide bonds. The number of aliphatic hydroxyl groups is 1. The molecule has 0 saturated heterocycles. The molecule has 21 heavy (non-hydrogen) atoms. The molecule has 0 atom stereocenters. The van der Waals surface area contributed by atoms with Gasteiger partial charge in [-0.3, -0.25) is 4.79 Å². The molecule has 0 bridgehead atoms. The number of hydrogen-bond acceptors (Lipinski definition) is 3. The molecule has 4 nitrogen and oxygen atoms in total. The van der Waals surface area contributed by atoms with Crippen LogP contribution in [0.5, 0.6) is 0 Å². The molecule has 1 aromatic carbocycles. The first-order chi connectivity index (χ1) is 10.2.